The summed E-state index contributed by atoms with van der Waals surface area (Å²) in [6.07, 6.45) is 0. The molecule has 5 nitrogen and oxygen atoms in total. The van der Waals surface area contributed by atoms with Crippen LogP contribution in [0.15, 0.2) is 48.5 Å². The molecule has 1 N–H and O–H groups in total. The van der Waals surface area contributed by atoms with Crippen molar-refractivity contribution in [3.8, 4) is 5.75 Å². The van der Waals surface area contributed by atoms with E-state index >= 15 is 0 Å². The van der Waals surface area contributed by atoms with E-state index in [9.17, 15) is 9.59 Å². The summed E-state index contributed by atoms with van der Waals surface area (Å²) >= 11 is 0. The van der Waals surface area contributed by atoms with Gasteiger partial charge in [0.2, 0.25) is 5.78 Å². The number of aromatic amines is 1. The first kappa shape index (κ1) is 16.8. The van der Waals surface area contributed by atoms with Crippen molar-refractivity contribution in [3.63, 3.8) is 0 Å². The third-order valence-corrected chi connectivity index (χ3v) is 3.88. The van der Waals surface area contributed by atoms with E-state index < -0.39 is 5.97 Å². The maximum Gasteiger partial charge on any atom is 0.344 e. The molecule has 0 aliphatic heterocycles. The van der Waals surface area contributed by atoms with E-state index in [4.69, 9.17) is 9.47 Å². The van der Waals surface area contributed by atoms with E-state index in [1.54, 1.807) is 6.07 Å². The number of fused-ring (bicyclic) bond motifs is 1. The van der Waals surface area contributed by atoms with Crippen LogP contribution in [0.5, 0.6) is 5.75 Å². The van der Waals surface area contributed by atoms with Gasteiger partial charge in [-0.2, -0.15) is 0 Å². The van der Waals surface area contributed by atoms with Gasteiger partial charge in [0.15, 0.2) is 13.2 Å². The maximum absolute atomic E-state index is 12.4. The Morgan fingerprint density at radius 3 is 2.60 bits per heavy atom. The number of ether oxygens (including phenoxy) is 2. The number of aromatic nitrogens is 1. The molecule has 25 heavy (non-hydrogen) atoms. The van der Waals surface area contributed by atoms with Gasteiger partial charge in [-0.05, 0) is 37.6 Å². The molecule has 1 heterocycles. The number of ketones is 1. The topological polar surface area (TPSA) is 68.4 Å². The van der Waals surface area contributed by atoms with E-state index in [1.165, 1.54) is 0 Å². The number of para-hydroxylation sites is 1. The van der Waals surface area contributed by atoms with Crippen LogP contribution >= 0.6 is 0 Å². The zero-order valence-corrected chi connectivity index (χ0v) is 14.2. The highest BCUT2D eigenvalue weighted by Crippen LogP contribution is 2.22. The van der Waals surface area contributed by atoms with Crippen LogP contribution in [-0.2, 0) is 9.53 Å². The highest BCUT2D eigenvalue weighted by Gasteiger charge is 2.17. The Kier molecular flexibility index (Phi) is 4.84. The van der Waals surface area contributed by atoms with Crippen LogP contribution in [0, 0.1) is 13.8 Å². The van der Waals surface area contributed by atoms with Crippen molar-refractivity contribution in [2.75, 3.05) is 13.2 Å². The summed E-state index contributed by atoms with van der Waals surface area (Å²) in [5, 5.41) is 0.831. The van der Waals surface area contributed by atoms with Crippen LogP contribution in [0.2, 0.25) is 0 Å². The Morgan fingerprint density at radius 2 is 1.80 bits per heavy atom. The number of hydrogen-bond donors (Lipinski definition) is 1. The highest BCUT2D eigenvalue weighted by atomic mass is 16.6. The molecule has 0 fully saturated rings. The SMILES string of the molecule is Cc1cccc(OCC(=O)OCC(=O)c2c(C)[nH]c3ccccc23)c1. The van der Waals surface area contributed by atoms with Gasteiger partial charge in [-0.15, -0.1) is 0 Å². The number of nitrogens with one attached hydrogen (secondary N) is 1. The van der Waals surface area contributed by atoms with Gasteiger partial charge in [0.05, 0.1) is 0 Å². The van der Waals surface area contributed by atoms with Crippen molar-refractivity contribution < 1.29 is 19.1 Å². The van der Waals surface area contributed by atoms with Gasteiger partial charge in [-0.1, -0.05) is 30.3 Å². The Morgan fingerprint density at radius 1 is 1.00 bits per heavy atom. The van der Waals surface area contributed by atoms with E-state index in [0.29, 0.717) is 11.3 Å². The van der Waals surface area contributed by atoms with Gasteiger partial charge in [-0.3, -0.25) is 4.79 Å². The molecule has 0 unspecified atom stereocenters. The molecule has 128 valence electrons. The molecule has 0 saturated carbocycles. The lowest BCUT2D eigenvalue weighted by Crippen LogP contribution is -2.19. The van der Waals surface area contributed by atoms with Gasteiger partial charge in [-0.25, -0.2) is 4.79 Å². The van der Waals surface area contributed by atoms with Crippen LogP contribution in [0.1, 0.15) is 21.6 Å². The third-order valence-electron chi connectivity index (χ3n) is 3.88. The minimum absolute atomic E-state index is 0.233. The first-order valence-electron chi connectivity index (χ1n) is 8.00. The molecule has 0 radical (unpaired) electrons. The fourth-order valence-corrected chi connectivity index (χ4v) is 2.74. The fraction of sp³-hybridized carbons (Fsp3) is 0.200. The van der Waals surface area contributed by atoms with E-state index in [0.717, 1.165) is 22.2 Å². The minimum atomic E-state index is -0.577. The maximum atomic E-state index is 12.4. The number of esters is 1. The summed E-state index contributed by atoms with van der Waals surface area (Å²) in [4.78, 5) is 27.4. The Bertz CT molecular complexity index is 926. The van der Waals surface area contributed by atoms with Crippen molar-refractivity contribution in [1.82, 2.24) is 4.98 Å². The number of hydrogen-bond acceptors (Lipinski definition) is 4. The lowest BCUT2D eigenvalue weighted by molar-refractivity contribution is -0.144. The molecule has 0 amide bonds. The van der Waals surface area contributed by atoms with Crippen molar-refractivity contribution in [3.05, 3.63) is 65.4 Å². The molecule has 0 atom stereocenters. The monoisotopic (exact) mass is 337 g/mol. The predicted octanol–water partition coefficient (Wildman–Crippen LogP) is 3.59. The van der Waals surface area contributed by atoms with Crippen LogP contribution in [0.25, 0.3) is 10.9 Å². The summed E-state index contributed by atoms with van der Waals surface area (Å²) in [6, 6.07) is 14.9. The second-order valence-electron chi connectivity index (χ2n) is 5.86. The Hall–Kier alpha value is -3.08. The Labute approximate surface area is 145 Å². The summed E-state index contributed by atoms with van der Waals surface area (Å²) in [5.41, 5.74) is 3.24. The third kappa shape index (κ3) is 3.88. The molecule has 0 bridgehead atoms. The largest absolute Gasteiger partial charge is 0.482 e. The molecule has 3 rings (SSSR count). The number of H-pyrrole nitrogens is 1. The fourth-order valence-electron chi connectivity index (χ4n) is 2.74. The van der Waals surface area contributed by atoms with Crippen molar-refractivity contribution >= 4 is 22.7 Å². The van der Waals surface area contributed by atoms with Crippen LogP contribution in [-0.4, -0.2) is 30.0 Å². The molecule has 0 aliphatic rings. The summed E-state index contributed by atoms with van der Waals surface area (Å²) < 4.78 is 10.4. The van der Waals surface area contributed by atoms with Crippen molar-refractivity contribution in [1.29, 1.82) is 0 Å². The van der Waals surface area contributed by atoms with E-state index in [1.807, 2.05) is 56.3 Å². The molecule has 0 spiro atoms. The van der Waals surface area contributed by atoms with Crippen LogP contribution in [0.3, 0.4) is 0 Å². The number of rotatable bonds is 6. The molecule has 3 aromatic rings. The molecule has 0 aliphatic carbocycles. The second kappa shape index (κ2) is 7.21. The number of benzene rings is 2. The molecule has 1 aromatic heterocycles. The van der Waals surface area contributed by atoms with Gasteiger partial charge < -0.3 is 14.5 Å². The van der Waals surface area contributed by atoms with E-state index in [-0.39, 0.29) is 19.0 Å². The molecular weight excluding hydrogens is 318 g/mol. The molecule has 2 aromatic carbocycles. The first-order valence-corrected chi connectivity index (χ1v) is 8.00. The van der Waals surface area contributed by atoms with Crippen molar-refractivity contribution in [2.24, 2.45) is 0 Å². The van der Waals surface area contributed by atoms with Gasteiger partial charge in [0.1, 0.15) is 5.75 Å². The Balaban J connectivity index is 1.58. The van der Waals surface area contributed by atoms with Gasteiger partial charge in [0.25, 0.3) is 0 Å². The number of carbonyl (C=O) groups is 2. The average Bonchev–Trinajstić information content (AvgIpc) is 2.93. The summed E-state index contributed by atoms with van der Waals surface area (Å²) in [7, 11) is 0. The van der Waals surface area contributed by atoms with Crippen molar-refractivity contribution in [2.45, 2.75) is 13.8 Å². The standard InChI is InChI=1S/C20H19NO4/c1-13-6-5-7-15(10-13)24-12-19(23)25-11-18(22)20-14(2)21-17-9-4-3-8-16(17)20/h3-10,21H,11-12H2,1-2H3. The average molecular weight is 337 g/mol. The first-order chi connectivity index (χ1) is 12.0. The normalized spacial score (nSPS) is 10.6. The smallest absolute Gasteiger partial charge is 0.344 e. The quantitative estimate of drug-likeness (QED) is 0.551. The van der Waals surface area contributed by atoms with Crippen LogP contribution < -0.4 is 4.74 Å². The lowest BCUT2D eigenvalue weighted by Gasteiger charge is -2.07. The minimum Gasteiger partial charge on any atom is -0.482 e. The highest BCUT2D eigenvalue weighted by molar-refractivity contribution is 6.10. The molecular formula is C20H19NO4. The van der Waals surface area contributed by atoms with Gasteiger partial charge in [0, 0.05) is 22.2 Å². The zero-order valence-electron chi connectivity index (χ0n) is 14.2. The number of carbonyl (C=O) groups excluding carboxylic acids is 2. The molecule has 5 heteroatoms. The summed E-state index contributed by atoms with van der Waals surface area (Å²) in [5.74, 6) is -0.220. The number of Topliss-reactive ketones (excluding diaryl/α,β-unsaturated/α-hetero) is 1. The van der Waals surface area contributed by atoms with Crippen LogP contribution in [0.4, 0.5) is 0 Å². The zero-order chi connectivity index (χ0) is 17.8. The lowest BCUT2D eigenvalue weighted by atomic mass is 10.1. The van der Waals surface area contributed by atoms with E-state index in [2.05, 4.69) is 4.98 Å². The summed E-state index contributed by atoms with van der Waals surface area (Å²) in [6.45, 7) is 3.23. The predicted molar refractivity (Wildman–Crippen MR) is 95.0 cm³/mol. The molecule has 0 saturated heterocycles. The second-order valence-corrected chi connectivity index (χ2v) is 5.86. The number of aryl methyl sites for hydroxylation is 2. The van der Waals surface area contributed by atoms with Gasteiger partial charge >= 0.3 is 5.97 Å².